The number of aromatic nitrogens is 2. The van der Waals surface area contributed by atoms with Crippen molar-refractivity contribution in [3.8, 4) is 11.3 Å². The van der Waals surface area contributed by atoms with E-state index in [1.54, 1.807) is 12.1 Å². The molecule has 5 rings (SSSR count). The first-order valence-electron chi connectivity index (χ1n) is 11.3. The molecule has 0 spiro atoms. The standard InChI is InChI=1S/C26H24F2N4OS/c27-25(28)20-8-4-6-18(13-20)22-10-9-17-5-3-7-19(24(17)30-22)14-23(33)31-26-29-15-21(34-26)16-32-11-1-2-12-32/h3-10,13,15,25H,1-2,11-12,14,16H2,(H,29,31,33). The number of halogens is 2. The van der Waals surface area contributed by atoms with E-state index in [1.165, 1.54) is 36.3 Å². The minimum atomic E-state index is -2.54. The molecule has 1 saturated heterocycles. The number of thiazole rings is 1. The minimum absolute atomic E-state index is 0.0420. The number of rotatable bonds is 7. The van der Waals surface area contributed by atoms with Crippen molar-refractivity contribution in [2.75, 3.05) is 18.4 Å². The van der Waals surface area contributed by atoms with Gasteiger partial charge in [0.15, 0.2) is 5.13 Å². The van der Waals surface area contributed by atoms with Crippen LogP contribution < -0.4 is 5.32 Å². The summed E-state index contributed by atoms with van der Waals surface area (Å²) in [5.41, 5.74) is 2.63. The fourth-order valence-electron chi connectivity index (χ4n) is 4.28. The van der Waals surface area contributed by atoms with Gasteiger partial charge >= 0.3 is 0 Å². The predicted molar refractivity (Wildman–Crippen MR) is 131 cm³/mol. The number of para-hydroxylation sites is 1. The molecule has 1 amide bonds. The van der Waals surface area contributed by atoms with E-state index in [1.807, 2.05) is 36.5 Å². The van der Waals surface area contributed by atoms with Crippen LogP contribution in [0.25, 0.3) is 22.2 Å². The summed E-state index contributed by atoms with van der Waals surface area (Å²) in [6.07, 6.45) is 1.91. The van der Waals surface area contributed by atoms with Crippen molar-refractivity contribution in [3.63, 3.8) is 0 Å². The third kappa shape index (κ3) is 5.13. The van der Waals surface area contributed by atoms with Gasteiger partial charge in [-0.2, -0.15) is 0 Å². The van der Waals surface area contributed by atoms with Crippen LogP contribution in [0.5, 0.6) is 0 Å². The minimum Gasteiger partial charge on any atom is -0.302 e. The second-order valence-corrected chi connectivity index (χ2v) is 9.57. The van der Waals surface area contributed by atoms with Gasteiger partial charge in [-0.25, -0.2) is 18.7 Å². The molecule has 4 aromatic rings. The van der Waals surface area contributed by atoms with Gasteiger partial charge in [0.2, 0.25) is 5.91 Å². The number of likely N-dealkylation sites (tertiary alicyclic amines) is 1. The number of hydrogen-bond donors (Lipinski definition) is 1. The lowest BCUT2D eigenvalue weighted by atomic mass is 10.0. The van der Waals surface area contributed by atoms with Gasteiger partial charge in [-0.05, 0) is 43.6 Å². The van der Waals surface area contributed by atoms with Gasteiger partial charge in [0.05, 0.1) is 17.6 Å². The Hall–Kier alpha value is -3.23. The summed E-state index contributed by atoms with van der Waals surface area (Å²) >= 11 is 1.50. The van der Waals surface area contributed by atoms with Crippen LogP contribution in [0.2, 0.25) is 0 Å². The van der Waals surface area contributed by atoms with E-state index in [4.69, 9.17) is 4.98 Å². The number of nitrogens with zero attached hydrogens (tertiary/aromatic N) is 3. The summed E-state index contributed by atoms with van der Waals surface area (Å²) in [4.78, 5) is 25.4. The quantitative estimate of drug-likeness (QED) is 0.350. The van der Waals surface area contributed by atoms with E-state index >= 15 is 0 Å². The first kappa shape index (κ1) is 22.6. The predicted octanol–water partition coefficient (Wildman–Crippen LogP) is 6.07. The average molecular weight is 479 g/mol. The van der Waals surface area contributed by atoms with Crippen LogP contribution in [0.3, 0.4) is 0 Å². The SMILES string of the molecule is O=C(Cc1cccc2ccc(-c3cccc(C(F)F)c3)nc12)Nc1ncc(CN2CCCC2)s1. The van der Waals surface area contributed by atoms with Gasteiger partial charge in [-0.15, -0.1) is 11.3 Å². The monoisotopic (exact) mass is 478 g/mol. The van der Waals surface area contributed by atoms with E-state index in [0.717, 1.165) is 35.5 Å². The van der Waals surface area contributed by atoms with Crippen molar-refractivity contribution < 1.29 is 13.6 Å². The number of fused-ring (bicyclic) bond motifs is 1. The molecule has 0 aliphatic carbocycles. The van der Waals surface area contributed by atoms with Crippen molar-refractivity contribution in [2.24, 2.45) is 0 Å². The molecule has 5 nitrogen and oxygen atoms in total. The topological polar surface area (TPSA) is 58.1 Å². The summed E-state index contributed by atoms with van der Waals surface area (Å²) in [6, 6.07) is 15.6. The number of hydrogen-bond acceptors (Lipinski definition) is 5. The summed E-state index contributed by atoms with van der Waals surface area (Å²) in [7, 11) is 0. The molecule has 34 heavy (non-hydrogen) atoms. The van der Waals surface area contributed by atoms with E-state index in [2.05, 4.69) is 15.2 Å². The largest absolute Gasteiger partial charge is 0.302 e. The smallest absolute Gasteiger partial charge is 0.263 e. The fraction of sp³-hybridized carbons (Fsp3) is 0.269. The summed E-state index contributed by atoms with van der Waals surface area (Å²) < 4.78 is 26.3. The Labute approximate surface area is 200 Å². The van der Waals surface area contributed by atoms with Crippen LogP contribution >= 0.6 is 11.3 Å². The molecule has 2 aromatic heterocycles. The lowest BCUT2D eigenvalue weighted by Gasteiger charge is -2.11. The molecule has 2 aromatic carbocycles. The zero-order valence-corrected chi connectivity index (χ0v) is 19.3. The number of alkyl halides is 2. The second kappa shape index (κ2) is 9.95. The maximum absolute atomic E-state index is 13.1. The Balaban J connectivity index is 1.33. The number of carbonyl (C=O) groups excluding carboxylic acids is 1. The molecule has 174 valence electrons. The van der Waals surface area contributed by atoms with E-state index in [0.29, 0.717) is 21.9 Å². The number of nitrogens with one attached hydrogen (secondary N) is 1. The normalized spacial score (nSPS) is 14.2. The molecule has 0 atom stereocenters. The van der Waals surface area contributed by atoms with Crippen LogP contribution in [0.1, 0.15) is 35.3 Å². The van der Waals surface area contributed by atoms with Crippen LogP contribution in [-0.2, 0) is 17.8 Å². The Morgan fingerprint density at radius 1 is 1.09 bits per heavy atom. The molecule has 0 saturated carbocycles. The molecule has 8 heteroatoms. The van der Waals surface area contributed by atoms with Crippen molar-refractivity contribution in [1.82, 2.24) is 14.9 Å². The number of amides is 1. The van der Waals surface area contributed by atoms with Crippen LogP contribution in [-0.4, -0.2) is 33.9 Å². The summed E-state index contributed by atoms with van der Waals surface area (Å²) in [5, 5.41) is 4.39. The average Bonchev–Trinajstić information content (AvgIpc) is 3.51. The molecular weight excluding hydrogens is 454 g/mol. The third-order valence-corrected chi connectivity index (χ3v) is 6.86. The molecule has 1 N–H and O–H groups in total. The highest BCUT2D eigenvalue weighted by Gasteiger charge is 2.15. The van der Waals surface area contributed by atoms with Crippen molar-refractivity contribution in [3.05, 3.63) is 76.8 Å². The van der Waals surface area contributed by atoms with E-state index in [-0.39, 0.29) is 17.9 Å². The van der Waals surface area contributed by atoms with Crippen LogP contribution in [0.15, 0.2) is 60.8 Å². The van der Waals surface area contributed by atoms with Gasteiger partial charge in [-0.1, -0.05) is 42.5 Å². The highest BCUT2D eigenvalue weighted by molar-refractivity contribution is 7.15. The summed E-state index contributed by atoms with van der Waals surface area (Å²) in [5.74, 6) is -0.165. The van der Waals surface area contributed by atoms with Gasteiger partial charge in [-0.3, -0.25) is 9.69 Å². The second-order valence-electron chi connectivity index (χ2n) is 8.45. The molecule has 1 aliphatic rings. The molecular formula is C26H24F2N4OS. The van der Waals surface area contributed by atoms with Gasteiger partial charge < -0.3 is 5.32 Å². The third-order valence-electron chi connectivity index (χ3n) is 5.97. The molecule has 1 fully saturated rings. The Morgan fingerprint density at radius 2 is 1.91 bits per heavy atom. The Morgan fingerprint density at radius 3 is 2.74 bits per heavy atom. The first-order chi connectivity index (χ1) is 16.5. The number of benzene rings is 2. The molecule has 0 radical (unpaired) electrons. The zero-order valence-electron chi connectivity index (χ0n) is 18.5. The lowest BCUT2D eigenvalue weighted by molar-refractivity contribution is -0.115. The summed E-state index contributed by atoms with van der Waals surface area (Å²) in [6.45, 7) is 3.10. The molecule has 1 aliphatic heterocycles. The number of carbonyl (C=O) groups is 1. The number of pyridine rings is 1. The van der Waals surface area contributed by atoms with Gasteiger partial charge in [0.25, 0.3) is 6.43 Å². The maximum Gasteiger partial charge on any atom is 0.263 e. The zero-order chi connectivity index (χ0) is 23.5. The molecule has 0 unspecified atom stereocenters. The first-order valence-corrected chi connectivity index (χ1v) is 12.1. The molecule has 0 bridgehead atoms. The molecule has 3 heterocycles. The van der Waals surface area contributed by atoms with Crippen LogP contribution in [0.4, 0.5) is 13.9 Å². The lowest BCUT2D eigenvalue weighted by Crippen LogP contribution is -2.17. The Kier molecular flexibility index (Phi) is 6.60. The van der Waals surface area contributed by atoms with Crippen molar-refractivity contribution in [2.45, 2.75) is 32.2 Å². The van der Waals surface area contributed by atoms with E-state index in [9.17, 15) is 13.6 Å². The maximum atomic E-state index is 13.1. The highest BCUT2D eigenvalue weighted by Crippen LogP contribution is 2.28. The van der Waals surface area contributed by atoms with E-state index < -0.39 is 6.43 Å². The highest BCUT2D eigenvalue weighted by atomic mass is 32.1. The van der Waals surface area contributed by atoms with Crippen LogP contribution in [0, 0.1) is 0 Å². The number of anilines is 1. The van der Waals surface area contributed by atoms with Crippen molar-refractivity contribution in [1.29, 1.82) is 0 Å². The van der Waals surface area contributed by atoms with Gasteiger partial charge in [0.1, 0.15) is 0 Å². The van der Waals surface area contributed by atoms with Crippen molar-refractivity contribution >= 4 is 33.3 Å². The Bertz CT molecular complexity index is 1320. The fourth-order valence-corrected chi connectivity index (χ4v) is 5.15. The van der Waals surface area contributed by atoms with Gasteiger partial charge in [0, 0.05) is 34.1 Å².